The first-order valence-electron chi connectivity index (χ1n) is 15.8. The van der Waals surface area contributed by atoms with Crippen molar-refractivity contribution in [1.29, 1.82) is 0 Å². The molecule has 0 bridgehead atoms. The Hall–Kier alpha value is -1.77. The minimum Gasteiger partial charge on any atom is -0.430 e. The van der Waals surface area contributed by atoms with Crippen LogP contribution in [0.15, 0.2) is 35.9 Å². The summed E-state index contributed by atoms with van der Waals surface area (Å²) in [6, 6.07) is 7.62. The smallest absolute Gasteiger partial charge is 0.430 e. The van der Waals surface area contributed by atoms with Crippen molar-refractivity contribution in [2.75, 3.05) is 0 Å². The molecule has 3 heteroatoms. The second-order valence-corrected chi connectivity index (χ2v) is 14.4. The maximum absolute atomic E-state index is 12.6. The van der Waals surface area contributed by atoms with Crippen LogP contribution in [0, 0.1) is 53.3 Å². The molecule has 0 spiro atoms. The van der Waals surface area contributed by atoms with Gasteiger partial charge in [0.05, 0.1) is 0 Å². The van der Waals surface area contributed by atoms with Gasteiger partial charge in [-0.25, -0.2) is 4.79 Å². The molecule has 0 saturated heterocycles. The molecule has 0 aliphatic heterocycles. The molecule has 3 fully saturated rings. The number of carbonyl (C=O) groups excluding carboxylic acids is 1. The van der Waals surface area contributed by atoms with Crippen molar-refractivity contribution in [2.24, 2.45) is 46.3 Å². The zero-order valence-corrected chi connectivity index (χ0v) is 24.9. The molecule has 0 N–H and O–H groups in total. The van der Waals surface area contributed by atoms with Crippen LogP contribution in [0.2, 0.25) is 0 Å². The zero-order valence-electron chi connectivity index (χ0n) is 24.9. The number of hydrogen-bond donors (Lipinski definition) is 0. The molecule has 5 rings (SSSR count). The first-order valence-corrected chi connectivity index (χ1v) is 15.8. The molecule has 210 valence electrons. The molecule has 3 saturated carbocycles. The number of hydrogen-bond acceptors (Lipinski definition) is 3. The number of para-hydroxylation sites is 1. The number of aryl methyl sites for hydroxylation is 1. The largest absolute Gasteiger partial charge is 0.514 e. The lowest BCUT2D eigenvalue weighted by atomic mass is 9.47. The molecule has 8 unspecified atom stereocenters. The molecule has 4 aliphatic rings. The number of fused-ring (bicyclic) bond motifs is 5. The summed E-state index contributed by atoms with van der Waals surface area (Å²) in [7, 11) is 0. The van der Waals surface area contributed by atoms with Gasteiger partial charge in [-0.3, -0.25) is 0 Å². The first kappa shape index (κ1) is 27.8. The van der Waals surface area contributed by atoms with E-state index in [1.54, 1.807) is 5.57 Å². The SMILES string of the molecule is Cc1ccccc1OC(=O)OC1CCC2(C)C(=CCC3C2CCC2(C)C(C(C)CCCC(C)C)CCC32)C1. The van der Waals surface area contributed by atoms with Crippen LogP contribution in [-0.2, 0) is 4.74 Å². The molecule has 38 heavy (non-hydrogen) atoms. The Balaban J connectivity index is 1.22. The van der Waals surface area contributed by atoms with Gasteiger partial charge in [0.25, 0.3) is 0 Å². The maximum atomic E-state index is 12.6. The predicted octanol–water partition coefficient (Wildman–Crippen LogP) is 9.92. The summed E-state index contributed by atoms with van der Waals surface area (Å²) in [6.07, 6.45) is 16.0. The quantitative estimate of drug-likeness (QED) is 0.204. The number of benzene rings is 1. The van der Waals surface area contributed by atoms with E-state index in [1.807, 2.05) is 31.2 Å². The fourth-order valence-electron chi connectivity index (χ4n) is 9.67. The summed E-state index contributed by atoms with van der Waals surface area (Å²) < 4.78 is 11.4. The topological polar surface area (TPSA) is 35.5 Å². The molecule has 0 radical (unpaired) electrons. The molecular formula is C35H52O3. The Bertz CT molecular complexity index is 1030. The number of ether oxygens (including phenoxy) is 2. The van der Waals surface area contributed by atoms with E-state index < -0.39 is 6.16 Å². The van der Waals surface area contributed by atoms with Crippen LogP contribution in [-0.4, -0.2) is 12.3 Å². The molecule has 3 nitrogen and oxygen atoms in total. The summed E-state index contributed by atoms with van der Waals surface area (Å²) in [6.45, 7) is 14.5. The van der Waals surface area contributed by atoms with Crippen LogP contribution in [0.5, 0.6) is 5.75 Å². The molecule has 0 amide bonds. The molecular weight excluding hydrogens is 468 g/mol. The summed E-state index contributed by atoms with van der Waals surface area (Å²) in [5.41, 5.74) is 3.30. The van der Waals surface area contributed by atoms with Gasteiger partial charge in [-0.15, -0.1) is 0 Å². The van der Waals surface area contributed by atoms with Crippen molar-refractivity contribution in [3.63, 3.8) is 0 Å². The van der Waals surface area contributed by atoms with E-state index >= 15 is 0 Å². The number of carbonyl (C=O) groups is 1. The molecule has 8 atom stereocenters. The fraction of sp³-hybridized carbons (Fsp3) is 0.743. The van der Waals surface area contributed by atoms with Gasteiger partial charge < -0.3 is 9.47 Å². The van der Waals surface area contributed by atoms with Crippen LogP contribution < -0.4 is 4.74 Å². The minimum absolute atomic E-state index is 0.0706. The molecule has 0 aromatic heterocycles. The summed E-state index contributed by atoms with van der Waals surface area (Å²) in [5.74, 6) is 5.68. The third kappa shape index (κ3) is 5.20. The molecule has 4 aliphatic carbocycles. The normalized spacial score (nSPS) is 37.0. The van der Waals surface area contributed by atoms with Gasteiger partial charge in [0.15, 0.2) is 0 Å². The summed E-state index contributed by atoms with van der Waals surface area (Å²) in [5, 5.41) is 0. The first-order chi connectivity index (χ1) is 18.1. The zero-order chi connectivity index (χ0) is 27.1. The summed E-state index contributed by atoms with van der Waals surface area (Å²) in [4.78, 5) is 12.6. The Morgan fingerprint density at radius 1 is 1.00 bits per heavy atom. The van der Waals surface area contributed by atoms with Gasteiger partial charge in [0.2, 0.25) is 0 Å². The monoisotopic (exact) mass is 520 g/mol. The highest BCUT2D eigenvalue weighted by Gasteiger charge is 2.59. The second kappa shape index (κ2) is 11.0. The van der Waals surface area contributed by atoms with E-state index in [0.29, 0.717) is 11.2 Å². The van der Waals surface area contributed by atoms with Crippen molar-refractivity contribution >= 4 is 6.16 Å². The molecule has 1 aromatic rings. The average molecular weight is 521 g/mol. The Morgan fingerprint density at radius 3 is 2.55 bits per heavy atom. The van der Waals surface area contributed by atoms with Gasteiger partial charge in [0.1, 0.15) is 11.9 Å². The maximum Gasteiger partial charge on any atom is 0.514 e. The van der Waals surface area contributed by atoms with E-state index in [0.717, 1.165) is 60.3 Å². The highest BCUT2D eigenvalue weighted by molar-refractivity contribution is 5.64. The summed E-state index contributed by atoms with van der Waals surface area (Å²) >= 11 is 0. The van der Waals surface area contributed by atoms with E-state index in [1.165, 1.54) is 51.4 Å². The molecule has 0 heterocycles. The lowest BCUT2D eigenvalue weighted by Gasteiger charge is -2.58. The van der Waals surface area contributed by atoms with Crippen molar-refractivity contribution in [3.8, 4) is 5.75 Å². The highest BCUT2D eigenvalue weighted by Crippen LogP contribution is 2.67. The lowest BCUT2D eigenvalue weighted by Crippen LogP contribution is -2.51. The number of allylic oxidation sites excluding steroid dienone is 1. The van der Waals surface area contributed by atoms with Crippen molar-refractivity contribution in [2.45, 2.75) is 118 Å². The van der Waals surface area contributed by atoms with Gasteiger partial charge in [-0.2, -0.15) is 0 Å². The van der Waals surface area contributed by atoms with E-state index in [9.17, 15) is 4.79 Å². The van der Waals surface area contributed by atoms with Crippen LogP contribution in [0.1, 0.15) is 111 Å². The van der Waals surface area contributed by atoms with Crippen molar-refractivity contribution in [3.05, 3.63) is 41.5 Å². The minimum atomic E-state index is -0.560. The third-order valence-electron chi connectivity index (χ3n) is 11.8. The highest BCUT2D eigenvalue weighted by atomic mass is 16.7. The van der Waals surface area contributed by atoms with Crippen LogP contribution in [0.4, 0.5) is 4.79 Å². The van der Waals surface area contributed by atoms with Crippen molar-refractivity contribution < 1.29 is 14.3 Å². The Morgan fingerprint density at radius 2 is 1.79 bits per heavy atom. The van der Waals surface area contributed by atoms with Gasteiger partial charge >= 0.3 is 6.16 Å². The van der Waals surface area contributed by atoms with E-state index in [-0.39, 0.29) is 11.5 Å². The van der Waals surface area contributed by atoms with E-state index in [4.69, 9.17) is 9.47 Å². The third-order valence-corrected chi connectivity index (χ3v) is 11.8. The van der Waals surface area contributed by atoms with Gasteiger partial charge in [-0.1, -0.05) is 83.7 Å². The lowest BCUT2D eigenvalue weighted by molar-refractivity contribution is -0.0597. The van der Waals surface area contributed by atoms with E-state index in [2.05, 4.69) is 40.7 Å². The average Bonchev–Trinajstić information content (AvgIpc) is 3.23. The van der Waals surface area contributed by atoms with Crippen molar-refractivity contribution in [1.82, 2.24) is 0 Å². The van der Waals surface area contributed by atoms with Crippen LogP contribution in [0.25, 0.3) is 0 Å². The van der Waals surface area contributed by atoms with Crippen LogP contribution >= 0.6 is 0 Å². The standard InChI is InChI=1S/C35H52O3/c1-23(2)10-9-12-24(3)29-16-17-30-28-15-14-26-22-27(37-33(36)38-32-13-8-7-11-25(32)4)18-20-34(26,5)31(28)19-21-35(29,30)6/h7-8,11,13-14,23-24,27-31H,9-10,12,15-22H2,1-6H3. The number of rotatable bonds is 7. The molecule has 1 aromatic carbocycles. The Kier molecular flexibility index (Phi) is 8.05. The Labute approximate surface area is 232 Å². The van der Waals surface area contributed by atoms with Gasteiger partial charge in [-0.05, 0) is 110 Å². The second-order valence-electron chi connectivity index (χ2n) is 14.4. The van der Waals surface area contributed by atoms with Gasteiger partial charge in [0, 0.05) is 6.42 Å². The fourth-order valence-corrected chi connectivity index (χ4v) is 9.67. The van der Waals surface area contributed by atoms with Crippen LogP contribution in [0.3, 0.4) is 0 Å². The predicted molar refractivity (Wildman–Crippen MR) is 155 cm³/mol.